The quantitative estimate of drug-likeness (QED) is 0.841. The van der Waals surface area contributed by atoms with Crippen molar-refractivity contribution in [2.24, 2.45) is 0 Å². The smallest absolute Gasteiger partial charge is 0.252 e. The van der Waals surface area contributed by atoms with Crippen molar-refractivity contribution < 1.29 is 4.79 Å². The molecule has 1 fully saturated rings. The minimum Gasteiger partial charge on any atom is -0.350 e. The van der Waals surface area contributed by atoms with Gasteiger partial charge >= 0.3 is 0 Å². The van der Waals surface area contributed by atoms with Crippen LogP contribution in [-0.2, 0) is 4.79 Å². The third-order valence-electron chi connectivity index (χ3n) is 3.59. The van der Waals surface area contributed by atoms with Crippen LogP contribution in [-0.4, -0.2) is 47.5 Å². The molecule has 1 aliphatic rings. The molecule has 0 radical (unpaired) electrons. The van der Waals surface area contributed by atoms with E-state index in [0.717, 1.165) is 18.7 Å². The van der Waals surface area contributed by atoms with Crippen molar-refractivity contribution in [3.63, 3.8) is 0 Å². The molecule has 1 saturated carbocycles. The lowest BCUT2D eigenvalue weighted by molar-refractivity contribution is -0.129. The second-order valence-electron chi connectivity index (χ2n) is 5.19. The summed E-state index contributed by atoms with van der Waals surface area (Å²) in [5, 5.41) is 0. The maximum absolute atomic E-state index is 12.1. The largest absolute Gasteiger partial charge is 0.350 e. The molecule has 2 rings (SSSR count). The number of anilines is 1. The topological polar surface area (TPSA) is 69.3 Å². The van der Waals surface area contributed by atoms with E-state index in [-0.39, 0.29) is 18.0 Å². The summed E-state index contributed by atoms with van der Waals surface area (Å²) in [6.45, 7) is 5.54. The molecule has 1 amide bonds. The van der Waals surface area contributed by atoms with Gasteiger partial charge in [0.25, 0.3) is 5.56 Å². The van der Waals surface area contributed by atoms with Gasteiger partial charge in [0, 0.05) is 32.1 Å². The Morgan fingerprint density at radius 2 is 2.05 bits per heavy atom. The van der Waals surface area contributed by atoms with Crippen LogP contribution in [0.1, 0.15) is 38.4 Å². The van der Waals surface area contributed by atoms with Crippen molar-refractivity contribution in [2.75, 3.05) is 31.6 Å². The molecular formula is C14H22N4O2. The molecule has 0 atom stereocenters. The molecule has 1 aromatic heterocycles. The standard InChI is InChI=1S/C14H22N4O2/c1-4-18(5-2)13(20)9-17(3)11-8-12(19)16-14(15-11)10-6-7-10/h8,10H,4-7,9H2,1-3H3,(H,15,16,19). The molecule has 0 bridgehead atoms. The van der Waals surface area contributed by atoms with Gasteiger partial charge in [-0.05, 0) is 26.7 Å². The highest BCUT2D eigenvalue weighted by atomic mass is 16.2. The van der Waals surface area contributed by atoms with Gasteiger partial charge in [-0.15, -0.1) is 0 Å². The number of nitrogens with one attached hydrogen (secondary N) is 1. The monoisotopic (exact) mass is 278 g/mol. The van der Waals surface area contributed by atoms with Gasteiger partial charge in [-0.25, -0.2) is 4.98 Å². The molecule has 6 nitrogen and oxygen atoms in total. The van der Waals surface area contributed by atoms with Gasteiger partial charge in [-0.2, -0.15) is 0 Å². The first-order valence-corrected chi connectivity index (χ1v) is 7.15. The van der Waals surface area contributed by atoms with Crippen molar-refractivity contribution in [2.45, 2.75) is 32.6 Å². The van der Waals surface area contributed by atoms with E-state index in [9.17, 15) is 9.59 Å². The van der Waals surface area contributed by atoms with E-state index in [1.807, 2.05) is 13.8 Å². The molecule has 0 spiro atoms. The molecule has 1 N–H and O–H groups in total. The number of hydrogen-bond donors (Lipinski definition) is 1. The average Bonchev–Trinajstić information content (AvgIpc) is 3.23. The maximum Gasteiger partial charge on any atom is 0.252 e. The average molecular weight is 278 g/mol. The molecule has 20 heavy (non-hydrogen) atoms. The Morgan fingerprint density at radius 1 is 1.40 bits per heavy atom. The van der Waals surface area contributed by atoms with E-state index in [4.69, 9.17) is 0 Å². The van der Waals surface area contributed by atoms with Crippen LogP contribution < -0.4 is 10.5 Å². The predicted molar refractivity (Wildman–Crippen MR) is 78.0 cm³/mol. The summed E-state index contributed by atoms with van der Waals surface area (Å²) in [6.07, 6.45) is 2.16. The molecule has 6 heteroatoms. The van der Waals surface area contributed by atoms with E-state index in [0.29, 0.717) is 24.8 Å². The van der Waals surface area contributed by atoms with Crippen LogP contribution in [0.15, 0.2) is 10.9 Å². The van der Waals surface area contributed by atoms with Crippen molar-refractivity contribution >= 4 is 11.7 Å². The molecular weight excluding hydrogens is 256 g/mol. The first kappa shape index (κ1) is 14.6. The van der Waals surface area contributed by atoms with E-state index >= 15 is 0 Å². The highest BCUT2D eigenvalue weighted by Gasteiger charge is 2.27. The SMILES string of the molecule is CCN(CC)C(=O)CN(C)c1cc(=O)[nH]c(C2CC2)n1. The molecule has 0 aliphatic heterocycles. The second kappa shape index (κ2) is 6.07. The summed E-state index contributed by atoms with van der Waals surface area (Å²) < 4.78 is 0. The fourth-order valence-corrected chi connectivity index (χ4v) is 2.17. The third-order valence-corrected chi connectivity index (χ3v) is 3.59. The van der Waals surface area contributed by atoms with E-state index in [2.05, 4.69) is 9.97 Å². The lowest BCUT2D eigenvalue weighted by Gasteiger charge is -2.23. The summed E-state index contributed by atoms with van der Waals surface area (Å²) in [5.74, 6) is 1.74. The number of carbonyl (C=O) groups excluding carboxylic acids is 1. The summed E-state index contributed by atoms with van der Waals surface area (Å²) in [6, 6.07) is 1.45. The van der Waals surface area contributed by atoms with Gasteiger partial charge < -0.3 is 14.8 Å². The van der Waals surface area contributed by atoms with E-state index < -0.39 is 0 Å². The number of likely N-dealkylation sites (N-methyl/N-ethyl adjacent to an activating group) is 2. The Kier molecular flexibility index (Phi) is 4.42. The van der Waals surface area contributed by atoms with Crippen LogP contribution in [0.2, 0.25) is 0 Å². The molecule has 1 heterocycles. The molecule has 0 unspecified atom stereocenters. The van der Waals surface area contributed by atoms with Gasteiger partial charge in [-0.3, -0.25) is 9.59 Å². The van der Waals surface area contributed by atoms with Crippen LogP contribution in [0, 0.1) is 0 Å². The summed E-state index contributed by atoms with van der Waals surface area (Å²) in [5.41, 5.74) is -0.154. The highest BCUT2D eigenvalue weighted by molar-refractivity contribution is 5.81. The van der Waals surface area contributed by atoms with E-state index in [1.54, 1.807) is 16.8 Å². The number of aromatic nitrogens is 2. The summed E-state index contributed by atoms with van der Waals surface area (Å²) >= 11 is 0. The van der Waals surface area contributed by atoms with Gasteiger partial charge in [-0.1, -0.05) is 0 Å². The summed E-state index contributed by atoms with van der Waals surface area (Å²) in [4.78, 5) is 34.5. The zero-order valence-electron chi connectivity index (χ0n) is 12.3. The molecule has 1 aromatic rings. The first-order valence-electron chi connectivity index (χ1n) is 7.15. The Labute approximate surface area is 118 Å². The predicted octanol–water partition coefficient (Wildman–Crippen LogP) is 0.952. The van der Waals surface area contributed by atoms with Gasteiger partial charge in [0.1, 0.15) is 11.6 Å². The first-order chi connectivity index (χ1) is 9.55. The number of carbonyl (C=O) groups is 1. The van der Waals surface area contributed by atoms with Crippen LogP contribution >= 0.6 is 0 Å². The lowest BCUT2D eigenvalue weighted by atomic mass is 10.3. The molecule has 0 saturated heterocycles. The fourth-order valence-electron chi connectivity index (χ4n) is 2.17. The van der Waals surface area contributed by atoms with Gasteiger partial charge in [0.2, 0.25) is 5.91 Å². The normalized spacial score (nSPS) is 14.2. The van der Waals surface area contributed by atoms with E-state index in [1.165, 1.54) is 6.07 Å². The number of amides is 1. The number of nitrogens with zero attached hydrogens (tertiary/aromatic N) is 3. The fraction of sp³-hybridized carbons (Fsp3) is 0.643. The Balaban J connectivity index is 2.10. The molecule has 110 valence electrons. The second-order valence-corrected chi connectivity index (χ2v) is 5.19. The van der Waals surface area contributed by atoms with Crippen LogP contribution in [0.4, 0.5) is 5.82 Å². The minimum absolute atomic E-state index is 0.0487. The Morgan fingerprint density at radius 3 is 2.60 bits per heavy atom. The number of H-pyrrole nitrogens is 1. The zero-order valence-corrected chi connectivity index (χ0v) is 12.3. The Hall–Kier alpha value is -1.85. The van der Waals surface area contributed by atoms with Crippen LogP contribution in [0.25, 0.3) is 0 Å². The van der Waals surface area contributed by atoms with Crippen molar-refractivity contribution in [3.8, 4) is 0 Å². The zero-order chi connectivity index (χ0) is 14.7. The summed E-state index contributed by atoms with van der Waals surface area (Å²) in [7, 11) is 1.79. The molecule has 0 aromatic carbocycles. The highest BCUT2D eigenvalue weighted by Crippen LogP contribution is 2.37. The minimum atomic E-state index is -0.154. The molecule has 1 aliphatic carbocycles. The maximum atomic E-state index is 12.1. The number of hydrogen-bond acceptors (Lipinski definition) is 4. The number of aromatic amines is 1. The van der Waals surface area contributed by atoms with Crippen molar-refractivity contribution in [3.05, 3.63) is 22.2 Å². The van der Waals surface area contributed by atoms with Crippen molar-refractivity contribution in [1.29, 1.82) is 0 Å². The van der Waals surface area contributed by atoms with Gasteiger partial charge in [0.15, 0.2) is 0 Å². The Bertz CT molecular complexity index is 532. The third kappa shape index (κ3) is 3.37. The van der Waals surface area contributed by atoms with Crippen LogP contribution in [0.3, 0.4) is 0 Å². The van der Waals surface area contributed by atoms with Crippen molar-refractivity contribution in [1.82, 2.24) is 14.9 Å². The lowest BCUT2D eigenvalue weighted by Crippen LogP contribution is -2.39. The van der Waals surface area contributed by atoms with Gasteiger partial charge in [0.05, 0.1) is 6.54 Å². The number of rotatable bonds is 6. The van der Waals surface area contributed by atoms with Crippen LogP contribution in [0.5, 0.6) is 0 Å².